The second-order valence-corrected chi connectivity index (χ2v) is 11.8. The predicted molar refractivity (Wildman–Crippen MR) is 179 cm³/mol. The minimum absolute atomic E-state index is 0.0590. The molecule has 1 heterocycles. The summed E-state index contributed by atoms with van der Waals surface area (Å²) in [6.45, 7) is 0.771. The van der Waals surface area contributed by atoms with Crippen LogP contribution in [0.3, 0.4) is 0 Å². The summed E-state index contributed by atoms with van der Waals surface area (Å²) < 4.78 is 12.3. The van der Waals surface area contributed by atoms with Gasteiger partial charge in [0.05, 0.1) is 6.61 Å². The first-order valence-electron chi connectivity index (χ1n) is 14.8. The lowest BCUT2D eigenvalue weighted by Gasteiger charge is -2.31. The molecule has 0 aromatic heterocycles. The Morgan fingerprint density at radius 2 is 1.67 bits per heavy atom. The van der Waals surface area contributed by atoms with Gasteiger partial charge in [-0.2, -0.15) is 0 Å². The Labute approximate surface area is 272 Å². The Hall–Kier alpha value is -4.36. The van der Waals surface area contributed by atoms with E-state index >= 15 is 0 Å². The lowest BCUT2D eigenvalue weighted by Crippen LogP contribution is -2.49. The number of nitrogens with one attached hydrogen (secondary N) is 1. The van der Waals surface area contributed by atoms with Crippen LogP contribution in [0.4, 0.5) is 0 Å². The third kappa shape index (κ3) is 6.69. The number of fused-ring (bicyclic) bond motifs is 1. The molecule has 0 unspecified atom stereocenters. The summed E-state index contributed by atoms with van der Waals surface area (Å²) in [5.41, 5.74) is 1.83. The molecule has 5 aromatic carbocycles. The van der Waals surface area contributed by atoms with Crippen LogP contribution in [0, 0.1) is 0 Å². The topological polar surface area (TPSA) is 80.2 Å². The molecular weight excluding hydrogens is 607 g/mol. The number of carbonyl (C=O) groups excluding carboxylic acids is 1. The summed E-state index contributed by atoms with van der Waals surface area (Å²) in [6, 6.07) is 36.5. The molecule has 0 radical (unpaired) electrons. The molecule has 1 aliphatic rings. The zero-order valence-electron chi connectivity index (χ0n) is 24.5. The Kier molecular flexibility index (Phi) is 9.36. The van der Waals surface area contributed by atoms with Gasteiger partial charge in [0, 0.05) is 47.2 Å². The van der Waals surface area contributed by atoms with Crippen LogP contribution in [0.25, 0.3) is 10.8 Å². The van der Waals surface area contributed by atoms with Crippen LogP contribution >= 0.6 is 23.2 Å². The molecule has 2 atom stereocenters. The lowest BCUT2D eigenvalue weighted by molar-refractivity contribution is -0.129. The number of halogens is 2. The number of hydrogen-bond donors (Lipinski definition) is 2. The number of hydrogen-bond acceptors (Lipinski definition) is 5. The first-order chi connectivity index (χ1) is 22.0. The van der Waals surface area contributed by atoms with Gasteiger partial charge < -0.3 is 19.9 Å². The zero-order valence-corrected chi connectivity index (χ0v) is 26.0. The molecule has 0 bridgehead atoms. The number of amides is 1. The highest BCUT2D eigenvalue weighted by Crippen LogP contribution is 2.45. The second kappa shape index (κ2) is 13.7. The van der Waals surface area contributed by atoms with Gasteiger partial charge in [-0.3, -0.25) is 4.79 Å². The number of ether oxygens (including phenoxy) is 2. The summed E-state index contributed by atoms with van der Waals surface area (Å²) in [5.74, 6) is 0.699. The summed E-state index contributed by atoms with van der Waals surface area (Å²) in [6.07, 6.45) is -0.0349. The van der Waals surface area contributed by atoms with Crippen molar-refractivity contribution in [2.24, 2.45) is 4.99 Å². The monoisotopic (exact) mass is 638 g/mol. The molecule has 2 N–H and O–H groups in total. The van der Waals surface area contributed by atoms with Crippen molar-refractivity contribution in [3.8, 4) is 5.75 Å². The molecule has 0 aliphatic carbocycles. The van der Waals surface area contributed by atoms with Gasteiger partial charge in [-0.1, -0.05) is 102 Å². The molecule has 6 rings (SSSR count). The molecule has 5 aromatic rings. The van der Waals surface area contributed by atoms with Gasteiger partial charge in [-0.15, -0.1) is 0 Å². The highest BCUT2D eigenvalue weighted by Gasteiger charge is 2.53. The van der Waals surface area contributed by atoms with Gasteiger partial charge >= 0.3 is 0 Å². The number of aliphatic hydroxyl groups excluding tert-OH is 1. The predicted octanol–water partition coefficient (Wildman–Crippen LogP) is 7.72. The van der Waals surface area contributed by atoms with Crippen LogP contribution in [-0.2, 0) is 22.5 Å². The Morgan fingerprint density at radius 1 is 0.911 bits per heavy atom. The van der Waals surface area contributed by atoms with E-state index in [1.165, 1.54) is 0 Å². The fourth-order valence-electron chi connectivity index (χ4n) is 5.66. The summed E-state index contributed by atoms with van der Waals surface area (Å²) in [7, 11) is 0. The molecule has 6 nitrogen and oxygen atoms in total. The van der Waals surface area contributed by atoms with Gasteiger partial charge in [0.25, 0.3) is 5.91 Å². The maximum atomic E-state index is 14.6. The average Bonchev–Trinajstić information content (AvgIpc) is 3.44. The number of nitrogens with zero attached hydrogens (tertiary/aromatic N) is 1. The van der Waals surface area contributed by atoms with E-state index in [9.17, 15) is 4.79 Å². The maximum absolute atomic E-state index is 14.6. The number of aliphatic imine (C=N–C) groups is 1. The molecule has 228 valence electrons. The van der Waals surface area contributed by atoms with E-state index in [1.54, 1.807) is 18.2 Å². The van der Waals surface area contributed by atoms with Crippen molar-refractivity contribution in [3.05, 3.63) is 148 Å². The summed E-state index contributed by atoms with van der Waals surface area (Å²) in [4.78, 5) is 19.7. The third-order valence-corrected chi connectivity index (χ3v) is 8.47. The van der Waals surface area contributed by atoms with Crippen LogP contribution in [0.15, 0.2) is 120 Å². The van der Waals surface area contributed by atoms with Gasteiger partial charge in [0.1, 0.15) is 5.75 Å². The minimum Gasteiger partial charge on any atom is -0.494 e. The van der Waals surface area contributed by atoms with Crippen LogP contribution in [-0.4, -0.2) is 35.7 Å². The SMILES string of the molecule is O=C(NCc1cccc2ccccc12)[C@]1(Cc2ccccc2)N=C(c2ccc(OCCCO)cc2)O[C@@H]1c1ccc(Cl)cc1Cl. The highest BCUT2D eigenvalue weighted by atomic mass is 35.5. The quantitative estimate of drug-likeness (QED) is 0.145. The molecule has 45 heavy (non-hydrogen) atoms. The van der Waals surface area contributed by atoms with E-state index in [0.717, 1.165) is 21.9 Å². The van der Waals surface area contributed by atoms with E-state index in [1.807, 2.05) is 78.9 Å². The number of benzene rings is 5. The van der Waals surface area contributed by atoms with Crippen molar-refractivity contribution in [3.63, 3.8) is 0 Å². The van der Waals surface area contributed by atoms with E-state index in [0.29, 0.717) is 52.4 Å². The van der Waals surface area contributed by atoms with Gasteiger partial charge in [-0.05, 0) is 58.3 Å². The maximum Gasteiger partial charge on any atom is 0.252 e. The van der Waals surface area contributed by atoms with Crippen LogP contribution in [0.2, 0.25) is 10.0 Å². The van der Waals surface area contributed by atoms with Crippen molar-refractivity contribution >= 4 is 45.8 Å². The smallest absolute Gasteiger partial charge is 0.252 e. The van der Waals surface area contributed by atoms with E-state index < -0.39 is 11.6 Å². The van der Waals surface area contributed by atoms with Crippen molar-refractivity contribution in [2.45, 2.75) is 31.0 Å². The number of rotatable bonds is 11. The summed E-state index contributed by atoms with van der Waals surface area (Å²) >= 11 is 13.1. The number of carbonyl (C=O) groups is 1. The second-order valence-electron chi connectivity index (χ2n) is 10.9. The van der Waals surface area contributed by atoms with Crippen LogP contribution in [0.5, 0.6) is 5.75 Å². The zero-order chi connectivity index (χ0) is 31.2. The van der Waals surface area contributed by atoms with E-state index in [-0.39, 0.29) is 18.9 Å². The van der Waals surface area contributed by atoms with Gasteiger partial charge in [-0.25, -0.2) is 4.99 Å². The molecule has 0 saturated heterocycles. The Balaban J connectivity index is 1.41. The van der Waals surface area contributed by atoms with Crippen molar-refractivity contribution in [1.82, 2.24) is 5.32 Å². The van der Waals surface area contributed by atoms with Crippen LogP contribution < -0.4 is 10.1 Å². The molecule has 1 aliphatic heterocycles. The normalized spacial score (nSPS) is 17.5. The fourth-order valence-corrected chi connectivity index (χ4v) is 6.16. The first-order valence-corrected chi connectivity index (χ1v) is 15.6. The van der Waals surface area contributed by atoms with Crippen molar-refractivity contribution in [2.75, 3.05) is 13.2 Å². The molecular formula is C37H32Cl2N2O4. The fraction of sp³-hybridized carbons (Fsp3) is 0.189. The standard InChI is InChI=1S/C37H32Cl2N2O4/c38-29-16-19-32(33(39)22-29)34-37(23-25-8-2-1-3-9-25,36(43)40-24-28-12-6-11-26-10-4-5-13-31(26)28)41-35(45-34)27-14-17-30(18-15-27)44-21-7-20-42/h1-6,8-19,22,34,42H,7,20-21,23-24H2,(H,40,43)/t34-,37-/m1/s1. The first kappa shape index (κ1) is 30.7. The molecule has 8 heteroatoms. The summed E-state index contributed by atoms with van der Waals surface area (Å²) in [5, 5.41) is 15.3. The Bertz CT molecular complexity index is 1820. The number of aliphatic hydroxyl groups is 1. The average molecular weight is 640 g/mol. The highest BCUT2D eigenvalue weighted by molar-refractivity contribution is 6.35. The van der Waals surface area contributed by atoms with E-state index in [2.05, 4.69) is 23.5 Å². The molecule has 0 spiro atoms. The Morgan fingerprint density at radius 3 is 2.44 bits per heavy atom. The lowest BCUT2D eigenvalue weighted by atomic mass is 9.82. The van der Waals surface area contributed by atoms with Crippen molar-refractivity contribution < 1.29 is 19.4 Å². The minimum atomic E-state index is -1.39. The largest absolute Gasteiger partial charge is 0.494 e. The van der Waals surface area contributed by atoms with E-state index in [4.69, 9.17) is 42.8 Å². The van der Waals surface area contributed by atoms with Crippen LogP contribution in [0.1, 0.15) is 34.8 Å². The van der Waals surface area contributed by atoms with Gasteiger partial charge in [0.2, 0.25) is 5.90 Å². The van der Waals surface area contributed by atoms with Crippen molar-refractivity contribution in [1.29, 1.82) is 0 Å². The molecule has 1 amide bonds. The van der Waals surface area contributed by atoms with Gasteiger partial charge in [0.15, 0.2) is 11.6 Å². The molecule has 0 saturated carbocycles. The molecule has 0 fully saturated rings. The third-order valence-electron chi connectivity index (χ3n) is 7.91.